The van der Waals surface area contributed by atoms with E-state index in [4.69, 9.17) is 4.42 Å². The maximum Gasteiger partial charge on any atom is 0.123 e. The Balaban J connectivity index is 1.97. The normalized spacial score (nSPS) is 12.6. The third kappa shape index (κ3) is 3.43. The molecule has 0 aliphatic carbocycles. The van der Waals surface area contributed by atoms with E-state index in [0.717, 1.165) is 24.2 Å². The van der Waals surface area contributed by atoms with Crippen LogP contribution in [0.1, 0.15) is 11.3 Å². The molecule has 1 aromatic carbocycles. The average molecular weight is 233 g/mol. The maximum atomic E-state index is 12.8. The highest BCUT2D eigenvalue weighted by Gasteiger charge is 2.10. The van der Waals surface area contributed by atoms with Gasteiger partial charge >= 0.3 is 0 Å². The second kappa shape index (κ2) is 5.64. The van der Waals surface area contributed by atoms with E-state index in [1.165, 1.54) is 12.1 Å². The van der Waals surface area contributed by atoms with E-state index in [1.807, 2.05) is 31.3 Å². The fourth-order valence-electron chi connectivity index (χ4n) is 1.85. The molecule has 90 valence electrons. The first-order valence-corrected chi connectivity index (χ1v) is 5.72. The largest absolute Gasteiger partial charge is 0.469 e. The lowest BCUT2D eigenvalue weighted by Gasteiger charge is -2.14. The smallest absolute Gasteiger partial charge is 0.123 e. The van der Waals surface area contributed by atoms with Gasteiger partial charge in [0.2, 0.25) is 0 Å². The summed E-state index contributed by atoms with van der Waals surface area (Å²) in [4.78, 5) is 0. The van der Waals surface area contributed by atoms with Crippen molar-refractivity contribution in [1.29, 1.82) is 0 Å². The molecule has 0 amide bonds. The minimum absolute atomic E-state index is 0.194. The fraction of sp³-hybridized carbons (Fsp3) is 0.286. The van der Waals surface area contributed by atoms with Gasteiger partial charge in [0.15, 0.2) is 0 Å². The Morgan fingerprint density at radius 2 is 1.94 bits per heavy atom. The van der Waals surface area contributed by atoms with E-state index in [2.05, 4.69) is 5.32 Å². The lowest BCUT2D eigenvalue weighted by Crippen LogP contribution is -2.29. The third-order valence-corrected chi connectivity index (χ3v) is 2.83. The van der Waals surface area contributed by atoms with Crippen molar-refractivity contribution in [2.75, 3.05) is 7.05 Å². The molecule has 0 fully saturated rings. The third-order valence-electron chi connectivity index (χ3n) is 2.83. The molecule has 2 nitrogen and oxygen atoms in total. The number of furan rings is 1. The molecule has 0 aliphatic rings. The van der Waals surface area contributed by atoms with Crippen molar-refractivity contribution in [2.45, 2.75) is 18.9 Å². The first-order chi connectivity index (χ1) is 8.28. The van der Waals surface area contributed by atoms with E-state index in [9.17, 15) is 4.39 Å². The Morgan fingerprint density at radius 3 is 2.53 bits per heavy atom. The van der Waals surface area contributed by atoms with Crippen LogP contribution in [0.4, 0.5) is 4.39 Å². The zero-order valence-corrected chi connectivity index (χ0v) is 9.82. The van der Waals surface area contributed by atoms with Gasteiger partial charge in [-0.1, -0.05) is 12.1 Å². The molecule has 0 saturated heterocycles. The van der Waals surface area contributed by atoms with Crippen molar-refractivity contribution in [2.24, 2.45) is 0 Å². The second-order valence-electron chi connectivity index (χ2n) is 4.10. The summed E-state index contributed by atoms with van der Waals surface area (Å²) in [5, 5.41) is 3.25. The van der Waals surface area contributed by atoms with Crippen molar-refractivity contribution in [1.82, 2.24) is 5.32 Å². The molecule has 1 atom stereocenters. The zero-order valence-electron chi connectivity index (χ0n) is 9.82. The van der Waals surface area contributed by atoms with E-state index >= 15 is 0 Å². The van der Waals surface area contributed by atoms with Gasteiger partial charge in [0.25, 0.3) is 0 Å². The molecule has 1 aromatic heterocycles. The fourth-order valence-corrected chi connectivity index (χ4v) is 1.85. The number of hydrogen-bond donors (Lipinski definition) is 1. The van der Waals surface area contributed by atoms with Crippen LogP contribution in [0.2, 0.25) is 0 Å². The summed E-state index contributed by atoms with van der Waals surface area (Å²) >= 11 is 0. The summed E-state index contributed by atoms with van der Waals surface area (Å²) in [6.07, 6.45) is 3.37. The summed E-state index contributed by atoms with van der Waals surface area (Å²) in [5.74, 6) is 0.771. The molecule has 2 rings (SSSR count). The van der Waals surface area contributed by atoms with Gasteiger partial charge in [0.05, 0.1) is 6.26 Å². The first kappa shape index (κ1) is 11.9. The quantitative estimate of drug-likeness (QED) is 0.859. The molecule has 1 heterocycles. The molecular formula is C14H16FNO. The van der Waals surface area contributed by atoms with Crippen LogP contribution in [0.15, 0.2) is 47.1 Å². The topological polar surface area (TPSA) is 25.2 Å². The van der Waals surface area contributed by atoms with Crippen LogP contribution >= 0.6 is 0 Å². The molecule has 17 heavy (non-hydrogen) atoms. The number of nitrogens with one attached hydrogen (secondary N) is 1. The van der Waals surface area contributed by atoms with Crippen molar-refractivity contribution in [3.8, 4) is 0 Å². The molecule has 1 unspecified atom stereocenters. The molecule has 0 aliphatic heterocycles. The number of halogens is 1. The van der Waals surface area contributed by atoms with E-state index in [-0.39, 0.29) is 5.82 Å². The maximum absolute atomic E-state index is 12.8. The second-order valence-corrected chi connectivity index (χ2v) is 4.10. The Labute approximate surface area is 100 Å². The Bertz CT molecular complexity index is 436. The predicted octanol–water partition coefficient (Wildman–Crippen LogP) is 2.79. The van der Waals surface area contributed by atoms with Crippen LogP contribution < -0.4 is 5.32 Å². The van der Waals surface area contributed by atoms with Crippen molar-refractivity contribution >= 4 is 0 Å². The minimum Gasteiger partial charge on any atom is -0.469 e. The average Bonchev–Trinajstić information content (AvgIpc) is 2.84. The lowest BCUT2D eigenvalue weighted by molar-refractivity contribution is 0.456. The molecule has 0 bridgehead atoms. The van der Waals surface area contributed by atoms with Gasteiger partial charge in [-0.3, -0.25) is 0 Å². The SMILES string of the molecule is CNC(Cc1ccc(F)cc1)Cc1ccco1. The molecule has 0 spiro atoms. The summed E-state index contributed by atoms with van der Waals surface area (Å²) in [6, 6.07) is 10.8. The van der Waals surface area contributed by atoms with Crippen molar-refractivity contribution < 1.29 is 8.81 Å². The predicted molar refractivity (Wildman–Crippen MR) is 65.4 cm³/mol. The Hall–Kier alpha value is -1.61. The van der Waals surface area contributed by atoms with Crippen LogP contribution in [-0.4, -0.2) is 13.1 Å². The number of hydrogen-bond acceptors (Lipinski definition) is 2. The van der Waals surface area contributed by atoms with Crippen LogP contribution in [0.3, 0.4) is 0 Å². The monoisotopic (exact) mass is 233 g/mol. The molecular weight excluding hydrogens is 217 g/mol. The summed E-state index contributed by atoms with van der Waals surface area (Å²) in [6.45, 7) is 0. The molecule has 0 saturated carbocycles. The number of benzene rings is 1. The van der Waals surface area contributed by atoms with Crippen LogP contribution in [0, 0.1) is 5.82 Å². The molecule has 1 N–H and O–H groups in total. The molecule has 2 aromatic rings. The van der Waals surface area contributed by atoms with Crippen LogP contribution in [-0.2, 0) is 12.8 Å². The highest BCUT2D eigenvalue weighted by molar-refractivity contribution is 5.17. The highest BCUT2D eigenvalue weighted by Crippen LogP contribution is 2.10. The summed E-state index contributed by atoms with van der Waals surface area (Å²) in [7, 11) is 1.93. The van der Waals surface area contributed by atoms with Gasteiger partial charge in [-0.15, -0.1) is 0 Å². The Kier molecular flexibility index (Phi) is 3.94. The van der Waals surface area contributed by atoms with E-state index in [0.29, 0.717) is 6.04 Å². The summed E-state index contributed by atoms with van der Waals surface area (Å²) < 4.78 is 18.1. The standard InChI is InChI=1S/C14H16FNO/c1-16-13(10-14-3-2-8-17-14)9-11-4-6-12(15)7-5-11/h2-8,13,16H,9-10H2,1H3. The van der Waals surface area contributed by atoms with Crippen molar-refractivity contribution in [3.63, 3.8) is 0 Å². The van der Waals surface area contributed by atoms with E-state index in [1.54, 1.807) is 6.26 Å². The summed E-state index contributed by atoms with van der Waals surface area (Å²) in [5.41, 5.74) is 1.12. The lowest BCUT2D eigenvalue weighted by atomic mass is 10.0. The first-order valence-electron chi connectivity index (χ1n) is 5.72. The molecule has 0 radical (unpaired) electrons. The Morgan fingerprint density at radius 1 is 1.18 bits per heavy atom. The van der Waals surface area contributed by atoms with Gasteiger partial charge < -0.3 is 9.73 Å². The van der Waals surface area contributed by atoms with E-state index < -0.39 is 0 Å². The van der Waals surface area contributed by atoms with Crippen LogP contribution in [0.5, 0.6) is 0 Å². The minimum atomic E-state index is -0.194. The highest BCUT2D eigenvalue weighted by atomic mass is 19.1. The zero-order chi connectivity index (χ0) is 12.1. The van der Waals surface area contributed by atoms with Crippen LogP contribution in [0.25, 0.3) is 0 Å². The van der Waals surface area contributed by atoms with Gasteiger partial charge in [-0.2, -0.15) is 0 Å². The molecule has 3 heteroatoms. The van der Waals surface area contributed by atoms with Gasteiger partial charge in [-0.25, -0.2) is 4.39 Å². The van der Waals surface area contributed by atoms with Gasteiger partial charge in [0.1, 0.15) is 11.6 Å². The number of rotatable bonds is 5. The van der Waals surface area contributed by atoms with Gasteiger partial charge in [-0.05, 0) is 43.3 Å². The van der Waals surface area contributed by atoms with Gasteiger partial charge in [0, 0.05) is 12.5 Å². The van der Waals surface area contributed by atoms with Crippen molar-refractivity contribution in [3.05, 3.63) is 59.8 Å². The number of likely N-dealkylation sites (N-methyl/N-ethyl adjacent to an activating group) is 1.